The lowest BCUT2D eigenvalue weighted by Crippen LogP contribution is -2.41. The maximum Gasteiger partial charge on any atom is 0.253 e. The molecule has 134 valence electrons. The van der Waals surface area contributed by atoms with Gasteiger partial charge in [-0.3, -0.25) is 4.79 Å². The van der Waals surface area contributed by atoms with Crippen LogP contribution in [0.1, 0.15) is 75.2 Å². The second-order valence-electron chi connectivity index (χ2n) is 8.11. The van der Waals surface area contributed by atoms with E-state index in [1.165, 1.54) is 32.1 Å². The van der Waals surface area contributed by atoms with Gasteiger partial charge in [0.25, 0.3) is 5.91 Å². The van der Waals surface area contributed by atoms with Crippen LogP contribution in [-0.2, 0) is 0 Å². The molecule has 0 spiro atoms. The lowest BCUT2D eigenvalue weighted by Gasteiger charge is -2.39. The Bertz CT molecular complexity index is 766. The molecule has 2 aliphatic carbocycles. The summed E-state index contributed by atoms with van der Waals surface area (Å²) < 4.78 is 1.89. The van der Waals surface area contributed by atoms with Gasteiger partial charge in [-0.05, 0) is 51.0 Å². The van der Waals surface area contributed by atoms with E-state index in [0.29, 0.717) is 11.6 Å². The third-order valence-electron chi connectivity index (χ3n) is 6.06. The molecule has 5 nitrogen and oxygen atoms in total. The van der Waals surface area contributed by atoms with Crippen molar-refractivity contribution >= 4 is 16.9 Å². The first-order valence-corrected chi connectivity index (χ1v) is 9.76. The van der Waals surface area contributed by atoms with Gasteiger partial charge in [-0.2, -0.15) is 5.10 Å². The number of carbonyl (C=O) groups excluding carboxylic acids is 1. The lowest BCUT2D eigenvalue weighted by molar-refractivity contribution is 0.0879. The highest BCUT2D eigenvalue weighted by Crippen LogP contribution is 2.40. The first kappa shape index (κ1) is 16.6. The van der Waals surface area contributed by atoms with Crippen molar-refractivity contribution in [3.63, 3.8) is 0 Å². The van der Waals surface area contributed by atoms with Crippen molar-refractivity contribution < 1.29 is 4.79 Å². The van der Waals surface area contributed by atoms with E-state index in [-0.39, 0.29) is 11.9 Å². The minimum absolute atomic E-state index is 0.00552. The molecule has 2 saturated carbocycles. The van der Waals surface area contributed by atoms with Gasteiger partial charge in [0.2, 0.25) is 0 Å². The van der Waals surface area contributed by atoms with Crippen molar-refractivity contribution in [3.8, 4) is 0 Å². The Labute approximate surface area is 149 Å². The second-order valence-corrected chi connectivity index (χ2v) is 8.11. The maximum absolute atomic E-state index is 12.7. The number of hydrogen-bond donors (Lipinski definition) is 1. The summed E-state index contributed by atoms with van der Waals surface area (Å²) in [5.74, 6) is 1.73. The average molecular weight is 340 g/mol. The van der Waals surface area contributed by atoms with E-state index in [2.05, 4.69) is 29.2 Å². The summed E-state index contributed by atoms with van der Waals surface area (Å²) >= 11 is 0. The topological polar surface area (TPSA) is 59.8 Å². The van der Waals surface area contributed by atoms with Crippen molar-refractivity contribution in [1.29, 1.82) is 0 Å². The van der Waals surface area contributed by atoms with E-state index in [4.69, 9.17) is 0 Å². The van der Waals surface area contributed by atoms with Crippen LogP contribution in [0.25, 0.3) is 11.0 Å². The molecule has 1 N–H and O–H groups in total. The van der Waals surface area contributed by atoms with E-state index in [1.807, 2.05) is 10.7 Å². The largest absolute Gasteiger partial charge is 0.349 e. The Morgan fingerprint density at radius 2 is 1.96 bits per heavy atom. The van der Waals surface area contributed by atoms with E-state index < -0.39 is 0 Å². The minimum Gasteiger partial charge on any atom is -0.349 e. The first-order valence-electron chi connectivity index (χ1n) is 9.76. The summed E-state index contributed by atoms with van der Waals surface area (Å²) in [6, 6.07) is 2.49. The van der Waals surface area contributed by atoms with Crippen LogP contribution in [0.5, 0.6) is 0 Å². The summed E-state index contributed by atoms with van der Waals surface area (Å²) in [4.78, 5) is 17.2. The zero-order valence-electron chi connectivity index (χ0n) is 15.2. The molecule has 0 bridgehead atoms. The van der Waals surface area contributed by atoms with Gasteiger partial charge in [0.1, 0.15) is 0 Å². The standard InChI is InChI=1S/C20H28N4O/c1-13(2)24-19-16(12-22-24)9-17(11-21-19)20(25)23-18-8-7-14-5-3-4-6-15(14)10-18/h9,11-15,18H,3-8,10H2,1-2H3,(H,23,25)/t14-,15-,18-/m1/s1. The minimum atomic E-state index is 0.00552. The number of aromatic nitrogens is 3. The molecule has 0 saturated heterocycles. The molecule has 1 amide bonds. The van der Waals surface area contributed by atoms with Gasteiger partial charge in [0, 0.05) is 23.7 Å². The molecule has 2 aromatic heterocycles. The lowest BCUT2D eigenvalue weighted by atomic mass is 9.69. The summed E-state index contributed by atoms with van der Waals surface area (Å²) in [5.41, 5.74) is 1.48. The highest BCUT2D eigenvalue weighted by molar-refractivity contribution is 5.97. The summed E-state index contributed by atoms with van der Waals surface area (Å²) in [7, 11) is 0. The van der Waals surface area contributed by atoms with E-state index in [0.717, 1.165) is 35.7 Å². The molecule has 0 aliphatic heterocycles. The summed E-state index contributed by atoms with van der Waals surface area (Å²) in [6.07, 6.45) is 12.5. The van der Waals surface area contributed by atoms with Gasteiger partial charge in [-0.15, -0.1) is 0 Å². The monoisotopic (exact) mass is 340 g/mol. The van der Waals surface area contributed by atoms with Crippen molar-refractivity contribution in [2.24, 2.45) is 11.8 Å². The van der Waals surface area contributed by atoms with Crippen LogP contribution in [0.3, 0.4) is 0 Å². The number of fused-ring (bicyclic) bond motifs is 2. The van der Waals surface area contributed by atoms with Crippen LogP contribution in [0.2, 0.25) is 0 Å². The molecular weight excluding hydrogens is 312 g/mol. The Morgan fingerprint density at radius 3 is 2.76 bits per heavy atom. The van der Waals surface area contributed by atoms with Gasteiger partial charge in [0.05, 0.1) is 11.8 Å². The van der Waals surface area contributed by atoms with Crippen molar-refractivity contribution in [1.82, 2.24) is 20.1 Å². The smallest absolute Gasteiger partial charge is 0.253 e. The van der Waals surface area contributed by atoms with E-state index >= 15 is 0 Å². The highest BCUT2D eigenvalue weighted by Gasteiger charge is 2.32. The fourth-order valence-corrected chi connectivity index (χ4v) is 4.72. The zero-order chi connectivity index (χ0) is 17.4. The molecule has 2 heterocycles. The number of pyridine rings is 1. The molecule has 0 radical (unpaired) electrons. The van der Waals surface area contributed by atoms with Crippen LogP contribution in [-0.4, -0.2) is 26.7 Å². The molecule has 2 aliphatic rings. The molecule has 25 heavy (non-hydrogen) atoms. The van der Waals surface area contributed by atoms with Crippen LogP contribution >= 0.6 is 0 Å². The first-order chi connectivity index (χ1) is 12.1. The van der Waals surface area contributed by atoms with Gasteiger partial charge in [-0.25, -0.2) is 9.67 Å². The molecule has 0 unspecified atom stereocenters. The molecule has 4 rings (SSSR count). The summed E-state index contributed by atoms with van der Waals surface area (Å²) in [5, 5.41) is 8.56. The Hall–Kier alpha value is -1.91. The van der Waals surface area contributed by atoms with Crippen LogP contribution in [0, 0.1) is 11.8 Å². The SMILES string of the molecule is CC(C)n1ncc2cc(C(=O)N[C@@H]3CC[C@H]4CCCC[C@@H]4C3)cnc21. The normalized spacial score (nSPS) is 26.6. The van der Waals surface area contributed by atoms with Gasteiger partial charge in [-0.1, -0.05) is 25.7 Å². The van der Waals surface area contributed by atoms with Crippen molar-refractivity contribution in [2.75, 3.05) is 0 Å². The molecular formula is C20H28N4O. The molecule has 2 fully saturated rings. The zero-order valence-corrected chi connectivity index (χ0v) is 15.2. The predicted molar refractivity (Wildman–Crippen MR) is 98.5 cm³/mol. The molecule has 3 atom stereocenters. The fraction of sp³-hybridized carbons (Fsp3) is 0.650. The number of rotatable bonds is 3. The van der Waals surface area contributed by atoms with Crippen molar-refractivity contribution in [2.45, 2.75) is 70.9 Å². The third-order valence-corrected chi connectivity index (χ3v) is 6.06. The summed E-state index contributed by atoms with van der Waals surface area (Å²) in [6.45, 7) is 4.16. The van der Waals surface area contributed by atoms with Crippen LogP contribution < -0.4 is 5.32 Å². The molecule has 5 heteroatoms. The maximum atomic E-state index is 12.7. The number of nitrogens with zero attached hydrogens (tertiary/aromatic N) is 3. The third kappa shape index (κ3) is 3.29. The quantitative estimate of drug-likeness (QED) is 0.915. The Balaban J connectivity index is 1.45. The van der Waals surface area contributed by atoms with Crippen LogP contribution in [0.15, 0.2) is 18.5 Å². The van der Waals surface area contributed by atoms with Gasteiger partial charge >= 0.3 is 0 Å². The van der Waals surface area contributed by atoms with E-state index in [1.54, 1.807) is 12.4 Å². The highest BCUT2D eigenvalue weighted by atomic mass is 16.1. The van der Waals surface area contributed by atoms with Crippen LogP contribution in [0.4, 0.5) is 0 Å². The molecule has 0 aromatic carbocycles. The van der Waals surface area contributed by atoms with Gasteiger partial charge < -0.3 is 5.32 Å². The number of hydrogen-bond acceptors (Lipinski definition) is 3. The van der Waals surface area contributed by atoms with Gasteiger partial charge in [0.15, 0.2) is 5.65 Å². The average Bonchev–Trinajstić information content (AvgIpc) is 3.05. The predicted octanol–water partition coefficient (Wildman–Crippen LogP) is 4.10. The number of amides is 1. The Kier molecular flexibility index (Phi) is 4.48. The van der Waals surface area contributed by atoms with Crippen molar-refractivity contribution in [3.05, 3.63) is 24.0 Å². The Morgan fingerprint density at radius 1 is 1.16 bits per heavy atom. The molecule has 2 aromatic rings. The second kappa shape index (κ2) is 6.77. The number of nitrogens with one attached hydrogen (secondary N) is 1. The number of carbonyl (C=O) groups is 1. The fourth-order valence-electron chi connectivity index (χ4n) is 4.72. The van der Waals surface area contributed by atoms with E-state index in [9.17, 15) is 4.79 Å².